The number of carbonyl (C=O) groups excluding carboxylic acids is 1. The number of hydrogen-bond acceptors (Lipinski definition) is 4. The van der Waals surface area contributed by atoms with Crippen molar-refractivity contribution >= 4 is 23.6 Å². The number of nitrogens with one attached hydrogen (secondary N) is 1. The van der Waals surface area contributed by atoms with Gasteiger partial charge in [-0.1, -0.05) is 47.9 Å². The van der Waals surface area contributed by atoms with Crippen LogP contribution in [0.15, 0.2) is 48.0 Å². The highest BCUT2D eigenvalue weighted by Crippen LogP contribution is 2.37. The van der Waals surface area contributed by atoms with Crippen molar-refractivity contribution in [1.82, 2.24) is 5.32 Å². The van der Waals surface area contributed by atoms with E-state index in [-0.39, 0.29) is 23.2 Å². The molecule has 1 atom stereocenters. The fourth-order valence-electron chi connectivity index (χ4n) is 2.60. The van der Waals surface area contributed by atoms with Gasteiger partial charge in [-0.05, 0) is 43.2 Å². The number of rotatable bonds is 8. The van der Waals surface area contributed by atoms with E-state index < -0.39 is 5.91 Å². The Labute approximate surface area is 175 Å². The van der Waals surface area contributed by atoms with E-state index in [9.17, 15) is 10.1 Å². The Morgan fingerprint density at radius 1 is 1.31 bits per heavy atom. The van der Waals surface area contributed by atoms with Gasteiger partial charge in [-0.3, -0.25) is 4.79 Å². The Hall–Kier alpha value is -3.41. The molecule has 0 saturated heterocycles. The minimum absolute atomic E-state index is 0.0399. The van der Waals surface area contributed by atoms with Crippen LogP contribution in [0.1, 0.15) is 31.0 Å². The molecule has 2 rings (SSSR count). The predicted molar refractivity (Wildman–Crippen MR) is 114 cm³/mol. The van der Waals surface area contributed by atoms with Crippen molar-refractivity contribution in [2.24, 2.45) is 0 Å². The Morgan fingerprint density at radius 3 is 2.66 bits per heavy atom. The highest BCUT2D eigenvalue weighted by molar-refractivity contribution is 6.32. The van der Waals surface area contributed by atoms with E-state index in [1.54, 1.807) is 12.1 Å². The molecule has 29 heavy (non-hydrogen) atoms. The average Bonchev–Trinajstić information content (AvgIpc) is 2.72. The van der Waals surface area contributed by atoms with Crippen molar-refractivity contribution in [2.75, 3.05) is 13.2 Å². The molecule has 0 fully saturated rings. The number of nitrogens with zero attached hydrogens (tertiary/aromatic N) is 1. The lowest BCUT2D eigenvalue weighted by atomic mass is 10.1. The summed E-state index contributed by atoms with van der Waals surface area (Å²) in [4.78, 5) is 12.6. The number of amides is 1. The number of terminal acetylenes is 1. The van der Waals surface area contributed by atoms with E-state index in [2.05, 4.69) is 11.2 Å². The highest BCUT2D eigenvalue weighted by atomic mass is 35.5. The SMILES string of the molecule is C#CCOc1c(Cl)cc(/C=C(\C#N)C(=O)NC(C)c2ccccc2)cc1OCC. The summed E-state index contributed by atoms with van der Waals surface area (Å²) in [6.45, 7) is 4.10. The van der Waals surface area contributed by atoms with Crippen molar-refractivity contribution in [2.45, 2.75) is 19.9 Å². The van der Waals surface area contributed by atoms with E-state index in [1.807, 2.05) is 50.2 Å². The smallest absolute Gasteiger partial charge is 0.262 e. The summed E-state index contributed by atoms with van der Waals surface area (Å²) >= 11 is 6.29. The lowest BCUT2D eigenvalue weighted by Crippen LogP contribution is -2.27. The molecular weight excluding hydrogens is 388 g/mol. The third-order valence-electron chi connectivity index (χ3n) is 3.95. The maximum absolute atomic E-state index is 12.6. The van der Waals surface area contributed by atoms with Crippen molar-refractivity contribution < 1.29 is 14.3 Å². The molecule has 0 heterocycles. The molecule has 0 bridgehead atoms. The molecule has 148 valence electrons. The van der Waals surface area contributed by atoms with Gasteiger partial charge in [0, 0.05) is 0 Å². The normalized spacial score (nSPS) is 11.7. The van der Waals surface area contributed by atoms with Crippen molar-refractivity contribution in [3.8, 4) is 29.9 Å². The van der Waals surface area contributed by atoms with Gasteiger partial charge in [0.1, 0.15) is 18.2 Å². The number of benzene rings is 2. The van der Waals surface area contributed by atoms with Crippen LogP contribution in [0.2, 0.25) is 5.02 Å². The quantitative estimate of drug-likeness (QED) is 0.395. The number of halogens is 1. The van der Waals surface area contributed by atoms with E-state index in [4.69, 9.17) is 27.5 Å². The van der Waals surface area contributed by atoms with Crippen LogP contribution >= 0.6 is 11.6 Å². The Bertz CT molecular complexity index is 972. The van der Waals surface area contributed by atoms with Crippen LogP contribution in [0.3, 0.4) is 0 Å². The van der Waals surface area contributed by atoms with Gasteiger partial charge in [-0.25, -0.2) is 0 Å². The number of ether oxygens (including phenoxy) is 2. The van der Waals surface area contributed by atoms with Gasteiger partial charge in [0.15, 0.2) is 11.5 Å². The van der Waals surface area contributed by atoms with Gasteiger partial charge >= 0.3 is 0 Å². The summed E-state index contributed by atoms with van der Waals surface area (Å²) in [6, 6.07) is 14.4. The Kier molecular flexibility index (Phi) is 8.15. The minimum atomic E-state index is -0.481. The molecule has 2 aromatic carbocycles. The van der Waals surface area contributed by atoms with Gasteiger partial charge in [-0.15, -0.1) is 6.42 Å². The molecule has 1 unspecified atom stereocenters. The van der Waals surface area contributed by atoms with Crippen LogP contribution in [0.5, 0.6) is 11.5 Å². The van der Waals surface area contributed by atoms with E-state index >= 15 is 0 Å². The first-order valence-corrected chi connectivity index (χ1v) is 9.38. The second-order valence-electron chi connectivity index (χ2n) is 6.03. The maximum Gasteiger partial charge on any atom is 0.262 e. The lowest BCUT2D eigenvalue weighted by molar-refractivity contribution is -0.117. The van der Waals surface area contributed by atoms with Crippen molar-refractivity contribution in [3.63, 3.8) is 0 Å². The van der Waals surface area contributed by atoms with E-state index in [0.29, 0.717) is 23.7 Å². The fourth-order valence-corrected chi connectivity index (χ4v) is 2.88. The number of nitriles is 1. The molecule has 1 N–H and O–H groups in total. The summed E-state index contributed by atoms with van der Waals surface area (Å²) in [5.74, 6) is 2.60. The summed E-state index contributed by atoms with van der Waals surface area (Å²) in [6.07, 6.45) is 6.68. The van der Waals surface area contributed by atoms with Gasteiger partial charge in [0.25, 0.3) is 5.91 Å². The average molecular weight is 409 g/mol. The summed E-state index contributed by atoms with van der Waals surface area (Å²) < 4.78 is 11.0. The van der Waals surface area contributed by atoms with Crippen LogP contribution < -0.4 is 14.8 Å². The molecule has 0 radical (unpaired) electrons. The number of carbonyl (C=O) groups is 1. The Morgan fingerprint density at radius 2 is 2.03 bits per heavy atom. The Balaban J connectivity index is 2.28. The molecule has 5 nitrogen and oxygen atoms in total. The zero-order valence-corrected chi connectivity index (χ0v) is 17.0. The predicted octanol–water partition coefficient (Wildman–Crippen LogP) is 4.54. The molecule has 6 heteroatoms. The minimum Gasteiger partial charge on any atom is -0.490 e. The zero-order valence-electron chi connectivity index (χ0n) is 16.2. The van der Waals surface area contributed by atoms with Crippen LogP contribution in [0.4, 0.5) is 0 Å². The van der Waals surface area contributed by atoms with Gasteiger partial charge in [0.05, 0.1) is 17.7 Å². The van der Waals surface area contributed by atoms with Gasteiger partial charge in [0.2, 0.25) is 0 Å². The summed E-state index contributed by atoms with van der Waals surface area (Å²) in [5, 5.41) is 12.6. The lowest BCUT2D eigenvalue weighted by Gasteiger charge is -2.14. The standard InChI is InChI=1S/C23H21ClN2O3/c1-4-11-29-22-20(24)13-17(14-21(22)28-5-2)12-19(15-25)23(27)26-16(3)18-9-7-6-8-10-18/h1,6-10,12-14,16H,5,11H2,2-3H3,(H,26,27)/b19-12+. The van der Waals surface area contributed by atoms with Crippen molar-refractivity contribution in [3.05, 3.63) is 64.2 Å². The third kappa shape index (κ3) is 6.04. The molecule has 0 aliphatic heterocycles. The monoisotopic (exact) mass is 408 g/mol. The molecular formula is C23H21ClN2O3. The second kappa shape index (κ2) is 10.8. The molecule has 2 aromatic rings. The maximum atomic E-state index is 12.6. The third-order valence-corrected chi connectivity index (χ3v) is 4.24. The molecule has 0 saturated carbocycles. The molecule has 0 spiro atoms. The molecule has 0 aliphatic carbocycles. The molecule has 0 aromatic heterocycles. The summed E-state index contributed by atoms with van der Waals surface area (Å²) in [5.41, 5.74) is 1.42. The van der Waals surface area contributed by atoms with Gasteiger partial charge in [-0.2, -0.15) is 5.26 Å². The highest BCUT2D eigenvalue weighted by Gasteiger charge is 2.16. The van der Waals surface area contributed by atoms with E-state index in [1.165, 1.54) is 6.08 Å². The second-order valence-corrected chi connectivity index (χ2v) is 6.44. The van der Waals surface area contributed by atoms with E-state index in [0.717, 1.165) is 5.56 Å². The molecule has 1 amide bonds. The first-order valence-electron chi connectivity index (χ1n) is 9.00. The fraction of sp³-hybridized carbons (Fsp3) is 0.217. The number of hydrogen-bond donors (Lipinski definition) is 1. The molecule has 0 aliphatic rings. The van der Waals surface area contributed by atoms with Crippen molar-refractivity contribution in [1.29, 1.82) is 5.26 Å². The van der Waals surface area contributed by atoms with Crippen LogP contribution in [0.25, 0.3) is 6.08 Å². The first kappa shape index (κ1) is 21.9. The van der Waals surface area contributed by atoms with Crippen LogP contribution in [0, 0.1) is 23.7 Å². The van der Waals surface area contributed by atoms with Gasteiger partial charge < -0.3 is 14.8 Å². The van der Waals surface area contributed by atoms with Crippen LogP contribution in [-0.4, -0.2) is 19.1 Å². The topological polar surface area (TPSA) is 71.3 Å². The zero-order chi connectivity index (χ0) is 21.2. The first-order chi connectivity index (χ1) is 14.0. The largest absolute Gasteiger partial charge is 0.490 e. The summed E-state index contributed by atoms with van der Waals surface area (Å²) in [7, 11) is 0. The van der Waals surface area contributed by atoms with Crippen LogP contribution in [-0.2, 0) is 4.79 Å².